The molecule has 0 fully saturated rings. The summed E-state index contributed by atoms with van der Waals surface area (Å²) in [5, 5.41) is 2.87. The molecule has 5 nitrogen and oxygen atoms in total. The summed E-state index contributed by atoms with van der Waals surface area (Å²) in [4.78, 5) is 4.52. The van der Waals surface area contributed by atoms with Gasteiger partial charge in [-0.05, 0) is 35.4 Å². The van der Waals surface area contributed by atoms with Crippen molar-refractivity contribution in [3.63, 3.8) is 0 Å². The van der Waals surface area contributed by atoms with Crippen molar-refractivity contribution in [1.29, 1.82) is 0 Å². The number of rotatable bonds is 7. The highest BCUT2D eigenvalue weighted by atomic mass is 127. The molecule has 1 aromatic rings. The zero-order valence-electron chi connectivity index (χ0n) is 15.9. The van der Waals surface area contributed by atoms with Gasteiger partial charge < -0.3 is 11.1 Å². The summed E-state index contributed by atoms with van der Waals surface area (Å²) in [6.07, 6.45) is 0.959. The van der Waals surface area contributed by atoms with Crippen LogP contribution >= 0.6 is 24.0 Å². The molecule has 0 aliphatic heterocycles. The summed E-state index contributed by atoms with van der Waals surface area (Å²) in [7, 11) is -3.33. The minimum Gasteiger partial charge on any atom is -0.370 e. The number of guanidine groups is 1. The van der Waals surface area contributed by atoms with Gasteiger partial charge in [-0.25, -0.2) is 8.42 Å². The number of hydrogen-bond donors (Lipinski definition) is 2. The number of nitrogens with one attached hydrogen (secondary N) is 1. The summed E-state index contributed by atoms with van der Waals surface area (Å²) in [6, 6.07) is 7.11. The number of benzene rings is 1. The monoisotopic (exact) mass is 481 g/mol. The highest BCUT2D eigenvalue weighted by Crippen LogP contribution is 2.23. The second-order valence-corrected chi connectivity index (χ2v) is 9.58. The summed E-state index contributed by atoms with van der Waals surface area (Å²) < 4.78 is 24.7. The maximum Gasteiger partial charge on any atom is 0.188 e. The molecule has 144 valence electrons. The van der Waals surface area contributed by atoms with E-state index in [9.17, 15) is 8.42 Å². The first-order chi connectivity index (χ1) is 11.0. The predicted molar refractivity (Wildman–Crippen MR) is 117 cm³/mol. The van der Waals surface area contributed by atoms with Crippen LogP contribution in [0.3, 0.4) is 0 Å². The van der Waals surface area contributed by atoms with Crippen molar-refractivity contribution in [3.8, 4) is 0 Å². The normalized spacial score (nSPS) is 12.8. The van der Waals surface area contributed by atoms with Crippen molar-refractivity contribution in [3.05, 3.63) is 29.8 Å². The highest BCUT2D eigenvalue weighted by Gasteiger charge is 2.17. The fourth-order valence-electron chi connectivity index (χ4n) is 2.09. The second kappa shape index (κ2) is 10.4. The molecule has 1 aromatic carbocycles. The molecule has 0 spiro atoms. The van der Waals surface area contributed by atoms with E-state index in [1.807, 2.05) is 12.1 Å². The predicted octanol–water partition coefficient (Wildman–Crippen LogP) is 3.33. The first-order valence-electron chi connectivity index (χ1n) is 8.39. The van der Waals surface area contributed by atoms with Gasteiger partial charge in [0.1, 0.15) is 0 Å². The van der Waals surface area contributed by atoms with Crippen LogP contribution in [0.15, 0.2) is 34.2 Å². The molecule has 0 saturated heterocycles. The molecule has 0 saturated carbocycles. The Hall–Kier alpha value is -0.830. The average molecular weight is 481 g/mol. The van der Waals surface area contributed by atoms with E-state index in [1.165, 1.54) is 0 Å². The number of aliphatic imine (C=N–C) groups is 1. The van der Waals surface area contributed by atoms with Gasteiger partial charge in [0.05, 0.1) is 10.6 Å². The third-order valence-electron chi connectivity index (χ3n) is 3.74. The number of sulfone groups is 1. The van der Waals surface area contributed by atoms with E-state index in [2.05, 4.69) is 44.9 Å². The molecule has 0 aliphatic rings. The maximum absolute atomic E-state index is 12.4. The van der Waals surface area contributed by atoms with Gasteiger partial charge in [0.15, 0.2) is 15.8 Å². The van der Waals surface area contributed by atoms with Gasteiger partial charge >= 0.3 is 0 Å². The lowest BCUT2D eigenvalue weighted by Gasteiger charge is -2.19. The maximum atomic E-state index is 12.4. The minimum atomic E-state index is -3.33. The Labute approximate surface area is 169 Å². The summed E-state index contributed by atoms with van der Waals surface area (Å²) in [5.41, 5.74) is 6.86. The fraction of sp³-hybridized carbons (Fsp3) is 0.611. The lowest BCUT2D eigenvalue weighted by atomic mass is 9.87. The van der Waals surface area contributed by atoms with E-state index in [4.69, 9.17) is 5.73 Å². The zero-order chi connectivity index (χ0) is 18.4. The van der Waals surface area contributed by atoms with Gasteiger partial charge in [0.25, 0.3) is 0 Å². The molecule has 3 N–H and O–H groups in total. The Kier molecular flexibility index (Phi) is 10.0. The van der Waals surface area contributed by atoms with Crippen molar-refractivity contribution < 1.29 is 8.42 Å². The van der Waals surface area contributed by atoms with Gasteiger partial charge in [-0.3, -0.25) is 4.99 Å². The molecule has 0 unspecified atom stereocenters. The van der Waals surface area contributed by atoms with Gasteiger partial charge in [-0.15, -0.1) is 24.0 Å². The molecule has 0 amide bonds. The lowest BCUT2D eigenvalue weighted by Crippen LogP contribution is -2.35. The number of nitrogens with two attached hydrogens (primary N) is 1. The summed E-state index contributed by atoms with van der Waals surface area (Å²) >= 11 is 0. The topological polar surface area (TPSA) is 84.5 Å². The molecule has 0 aliphatic carbocycles. The van der Waals surface area contributed by atoms with Crippen LogP contribution in [0.5, 0.6) is 0 Å². The molecule has 0 bridgehead atoms. The van der Waals surface area contributed by atoms with E-state index >= 15 is 0 Å². The summed E-state index contributed by atoms with van der Waals surface area (Å²) in [6.45, 7) is 11.4. The lowest BCUT2D eigenvalue weighted by molar-refractivity contribution is 0.585. The van der Waals surface area contributed by atoms with E-state index in [-0.39, 0.29) is 41.7 Å². The zero-order valence-corrected chi connectivity index (χ0v) is 19.0. The molecule has 7 heteroatoms. The Morgan fingerprint density at radius 2 is 1.76 bits per heavy atom. The average Bonchev–Trinajstić information content (AvgIpc) is 2.46. The van der Waals surface area contributed by atoms with Crippen LogP contribution in [0.1, 0.15) is 46.6 Å². The minimum absolute atomic E-state index is 0. The molecular weight excluding hydrogens is 449 g/mol. The fourth-order valence-corrected chi connectivity index (χ4v) is 3.25. The SMILES string of the molecule is CC(C)CCN=C(N)NCCS(=O)(=O)c1ccc(C(C)(C)C)cc1.I. The molecule has 0 atom stereocenters. The number of nitrogens with zero attached hydrogens (tertiary/aromatic N) is 1. The Bertz CT molecular complexity index is 648. The van der Waals surface area contributed by atoms with Gasteiger partial charge in [-0.2, -0.15) is 0 Å². The van der Waals surface area contributed by atoms with Crippen LogP contribution in [0.2, 0.25) is 0 Å². The second-order valence-electron chi connectivity index (χ2n) is 7.47. The molecule has 0 heterocycles. The van der Waals surface area contributed by atoms with Gasteiger partial charge in [0, 0.05) is 13.1 Å². The van der Waals surface area contributed by atoms with E-state index in [0.29, 0.717) is 23.3 Å². The van der Waals surface area contributed by atoms with Crippen LogP contribution in [0, 0.1) is 5.92 Å². The molecule has 0 radical (unpaired) electrons. The quantitative estimate of drug-likeness (QED) is 0.356. The molecule has 1 rings (SSSR count). The number of halogens is 1. The van der Waals surface area contributed by atoms with Crippen molar-refractivity contribution >= 4 is 39.8 Å². The smallest absolute Gasteiger partial charge is 0.188 e. The van der Waals surface area contributed by atoms with E-state index in [1.54, 1.807) is 12.1 Å². The van der Waals surface area contributed by atoms with Crippen molar-refractivity contribution in [1.82, 2.24) is 5.32 Å². The van der Waals surface area contributed by atoms with Crippen LogP contribution < -0.4 is 11.1 Å². The molecular formula is C18H32IN3O2S. The Morgan fingerprint density at radius 1 is 1.20 bits per heavy atom. The standard InChI is InChI=1S/C18H31N3O2S.HI/c1-14(2)10-11-20-17(19)21-12-13-24(22,23)16-8-6-15(7-9-16)18(3,4)5;/h6-9,14H,10-13H2,1-5H3,(H3,19,20,21);1H. The first kappa shape index (κ1) is 24.2. The summed E-state index contributed by atoms with van der Waals surface area (Å²) in [5.74, 6) is 0.856. The van der Waals surface area contributed by atoms with Crippen molar-refractivity contribution in [2.45, 2.75) is 51.3 Å². The third-order valence-corrected chi connectivity index (χ3v) is 5.48. The Balaban J connectivity index is 0.00000576. The van der Waals surface area contributed by atoms with E-state index in [0.717, 1.165) is 12.0 Å². The van der Waals surface area contributed by atoms with E-state index < -0.39 is 9.84 Å². The van der Waals surface area contributed by atoms with Crippen LogP contribution in [-0.4, -0.2) is 33.2 Å². The van der Waals surface area contributed by atoms with Gasteiger partial charge in [0.2, 0.25) is 0 Å². The molecule has 0 aromatic heterocycles. The van der Waals surface area contributed by atoms with Crippen LogP contribution in [0.25, 0.3) is 0 Å². The van der Waals surface area contributed by atoms with Gasteiger partial charge in [-0.1, -0.05) is 46.8 Å². The van der Waals surface area contributed by atoms with Crippen molar-refractivity contribution in [2.24, 2.45) is 16.6 Å². The first-order valence-corrected chi connectivity index (χ1v) is 10.0. The Morgan fingerprint density at radius 3 is 2.24 bits per heavy atom. The largest absolute Gasteiger partial charge is 0.370 e. The van der Waals surface area contributed by atoms with Crippen molar-refractivity contribution in [2.75, 3.05) is 18.8 Å². The van der Waals surface area contributed by atoms with Crippen LogP contribution in [-0.2, 0) is 15.3 Å². The molecule has 25 heavy (non-hydrogen) atoms. The van der Waals surface area contributed by atoms with Crippen LogP contribution in [0.4, 0.5) is 0 Å². The number of hydrogen-bond acceptors (Lipinski definition) is 3. The third kappa shape index (κ3) is 8.89. The highest BCUT2D eigenvalue weighted by molar-refractivity contribution is 14.0.